The zero-order chi connectivity index (χ0) is 20.6. The van der Waals surface area contributed by atoms with Gasteiger partial charge in [-0.05, 0) is 41.3 Å². The van der Waals surface area contributed by atoms with Crippen molar-refractivity contribution in [1.29, 1.82) is 5.26 Å². The molecule has 2 aromatic carbocycles. The second-order valence-corrected chi connectivity index (χ2v) is 7.24. The third-order valence-electron chi connectivity index (χ3n) is 3.98. The summed E-state index contributed by atoms with van der Waals surface area (Å²) in [6.07, 6.45) is 0. The van der Waals surface area contributed by atoms with Crippen LogP contribution < -0.4 is 10.1 Å². The lowest BCUT2D eigenvalue weighted by atomic mass is 9.87. The van der Waals surface area contributed by atoms with Gasteiger partial charge in [0.15, 0.2) is 6.61 Å². The lowest BCUT2D eigenvalue weighted by Crippen LogP contribution is -2.32. The Hall–Kier alpha value is -3.33. The molecular formula is C22H24N2O4. The molecule has 1 N–H and O–H groups in total. The SMILES string of the molecule is CC(C)(C)c1ccc(OCCNC(=O)COC(=O)c2cccc(C#N)c2)cc1. The molecule has 0 bridgehead atoms. The van der Waals surface area contributed by atoms with Crippen LogP contribution in [0.5, 0.6) is 5.75 Å². The zero-order valence-corrected chi connectivity index (χ0v) is 16.3. The number of carbonyl (C=O) groups excluding carboxylic acids is 2. The van der Waals surface area contributed by atoms with E-state index in [9.17, 15) is 9.59 Å². The van der Waals surface area contributed by atoms with Gasteiger partial charge in [-0.2, -0.15) is 5.26 Å². The van der Waals surface area contributed by atoms with E-state index >= 15 is 0 Å². The molecular weight excluding hydrogens is 356 g/mol. The van der Waals surface area contributed by atoms with Gasteiger partial charge in [-0.1, -0.05) is 39.0 Å². The molecule has 0 aromatic heterocycles. The fraction of sp³-hybridized carbons (Fsp3) is 0.318. The number of nitriles is 1. The summed E-state index contributed by atoms with van der Waals surface area (Å²) in [7, 11) is 0. The molecule has 0 unspecified atom stereocenters. The molecule has 2 aromatic rings. The summed E-state index contributed by atoms with van der Waals surface area (Å²) in [6.45, 7) is 6.64. The van der Waals surface area contributed by atoms with E-state index in [2.05, 4.69) is 26.1 Å². The summed E-state index contributed by atoms with van der Waals surface area (Å²) in [6, 6.07) is 15.9. The number of hydrogen-bond donors (Lipinski definition) is 1. The molecule has 0 aliphatic carbocycles. The maximum atomic E-state index is 11.9. The third kappa shape index (κ3) is 6.44. The Balaban J connectivity index is 1.68. The monoisotopic (exact) mass is 380 g/mol. The molecule has 6 nitrogen and oxygen atoms in total. The molecule has 0 fully saturated rings. The molecule has 1 amide bonds. The van der Waals surface area contributed by atoms with Gasteiger partial charge in [-0.3, -0.25) is 4.79 Å². The Labute approximate surface area is 165 Å². The van der Waals surface area contributed by atoms with Crippen molar-refractivity contribution in [3.8, 4) is 11.8 Å². The first kappa shape index (κ1) is 21.0. The van der Waals surface area contributed by atoms with Crippen molar-refractivity contribution in [3.05, 3.63) is 65.2 Å². The van der Waals surface area contributed by atoms with Crippen LogP contribution in [-0.4, -0.2) is 31.6 Å². The van der Waals surface area contributed by atoms with Crippen LogP contribution >= 0.6 is 0 Å². The van der Waals surface area contributed by atoms with E-state index < -0.39 is 18.5 Å². The summed E-state index contributed by atoms with van der Waals surface area (Å²) in [4.78, 5) is 23.7. The second kappa shape index (κ2) is 9.56. The number of nitrogens with one attached hydrogen (secondary N) is 1. The van der Waals surface area contributed by atoms with E-state index in [-0.39, 0.29) is 11.0 Å². The number of rotatable bonds is 7. The number of esters is 1. The van der Waals surface area contributed by atoms with Gasteiger partial charge in [0, 0.05) is 0 Å². The average molecular weight is 380 g/mol. The molecule has 146 valence electrons. The zero-order valence-electron chi connectivity index (χ0n) is 16.3. The van der Waals surface area contributed by atoms with Gasteiger partial charge in [-0.25, -0.2) is 4.79 Å². The standard InChI is InChI=1S/C22H24N2O4/c1-22(2,3)18-7-9-19(10-8-18)27-12-11-24-20(25)15-28-21(26)17-6-4-5-16(13-17)14-23/h4-10,13H,11-12,15H2,1-3H3,(H,24,25). The van der Waals surface area contributed by atoms with Gasteiger partial charge < -0.3 is 14.8 Å². The van der Waals surface area contributed by atoms with E-state index in [0.717, 1.165) is 5.75 Å². The van der Waals surface area contributed by atoms with Gasteiger partial charge in [0.25, 0.3) is 5.91 Å². The Kier molecular flexibility index (Phi) is 7.16. The lowest BCUT2D eigenvalue weighted by Gasteiger charge is -2.19. The van der Waals surface area contributed by atoms with E-state index in [0.29, 0.717) is 18.7 Å². The summed E-state index contributed by atoms with van der Waals surface area (Å²) in [5.41, 5.74) is 1.88. The fourth-order valence-corrected chi connectivity index (χ4v) is 2.39. The smallest absolute Gasteiger partial charge is 0.338 e. The quantitative estimate of drug-likeness (QED) is 0.589. The van der Waals surface area contributed by atoms with Crippen molar-refractivity contribution in [3.63, 3.8) is 0 Å². The first-order valence-corrected chi connectivity index (χ1v) is 8.97. The van der Waals surface area contributed by atoms with Crippen molar-refractivity contribution in [2.45, 2.75) is 26.2 Å². The van der Waals surface area contributed by atoms with Crippen LogP contribution in [0.15, 0.2) is 48.5 Å². The fourth-order valence-electron chi connectivity index (χ4n) is 2.39. The first-order valence-electron chi connectivity index (χ1n) is 8.97. The Morgan fingerprint density at radius 2 is 1.82 bits per heavy atom. The number of ether oxygens (including phenoxy) is 2. The largest absolute Gasteiger partial charge is 0.492 e. The van der Waals surface area contributed by atoms with Gasteiger partial charge in [0.2, 0.25) is 0 Å². The van der Waals surface area contributed by atoms with E-state index in [1.165, 1.54) is 17.7 Å². The maximum absolute atomic E-state index is 11.9. The van der Waals surface area contributed by atoms with Crippen molar-refractivity contribution in [1.82, 2.24) is 5.32 Å². The highest BCUT2D eigenvalue weighted by Crippen LogP contribution is 2.24. The number of benzene rings is 2. The summed E-state index contributed by atoms with van der Waals surface area (Å²) >= 11 is 0. The Morgan fingerprint density at radius 3 is 2.46 bits per heavy atom. The van der Waals surface area contributed by atoms with Crippen molar-refractivity contribution in [2.24, 2.45) is 0 Å². The molecule has 0 aliphatic rings. The van der Waals surface area contributed by atoms with Gasteiger partial charge >= 0.3 is 5.97 Å². The highest BCUT2D eigenvalue weighted by atomic mass is 16.5. The molecule has 0 spiro atoms. The number of nitrogens with zero attached hydrogens (tertiary/aromatic N) is 1. The van der Waals surface area contributed by atoms with Crippen LogP contribution in [-0.2, 0) is 14.9 Å². The van der Waals surface area contributed by atoms with Crippen LogP contribution in [0.1, 0.15) is 42.3 Å². The topological polar surface area (TPSA) is 88.4 Å². The van der Waals surface area contributed by atoms with Crippen LogP contribution in [0, 0.1) is 11.3 Å². The van der Waals surface area contributed by atoms with Crippen molar-refractivity contribution in [2.75, 3.05) is 19.8 Å². The van der Waals surface area contributed by atoms with E-state index in [4.69, 9.17) is 14.7 Å². The minimum Gasteiger partial charge on any atom is -0.492 e. The van der Waals surface area contributed by atoms with Crippen LogP contribution in [0.4, 0.5) is 0 Å². The summed E-state index contributed by atoms with van der Waals surface area (Å²) in [5, 5.41) is 11.5. The first-order chi connectivity index (χ1) is 13.3. The highest BCUT2D eigenvalue weighted by molar-refractivity contribution is 5.91. The van der Waals surface area contributed by atoms with Crippen LogP contribution in [0.2, 0.25) is 0 Å². The van der Waals surface area contributed by atoms with Crippen molar-refractivity contribution >= 4 is 11.9 Å². The Morgan fingerprint density at radius 1 is 1.11 bits per heavy atom. The molecule has 2 rings (SSSR count). The van der Waals surface area contributed by atoms with E-state index in [1.54, 1.807) is 12.1 Å². The molecule has 0 atom stereocenters. The molecule has 6 heteroatoms. The summed E-state index contributed by atoms with van der Waals surface area (Å²) < 4.78 is 10.5. The number of amides is 1. The second-order valence-electron chi connectivity index (χ2n) is 7.24. The molecule has 0 radical (unpaired) electrons. The van der Waals surface area contributed by atoms with Crippen molar-refractivity contribution < 1.29 is 19.1 Å². The predicted octanol–water partition coefficient (Wildman–Crippen LogP) is 3.21. The highest BCUT2D eigenvalue weighted by Gasteiger charge is 2.13. The lowest BCUT2D eigenvalue weighted by molar-refractivity contribution is -0.124. The molecule has 0 saturated carbocycles. The van der Waals surface area contributed by atoms with Gasteiger partial charge in [0.1, 0.15) is 12.4 Å². The average Bonchev–Trinajstić information content (AvgIpc) is 2.69. The van der Waals surface area contributed by atoms with E-state index in [1.807, 2.05) is 30.3 Å². The van der Waals surface area contributed by atoms with Crippen LogP contribution in [0.25, 0.3) is 0 Å². The molecule has 0 saturated heterocycles. The molecule has 0 aliphatic heterocycles. The molecule has 28 heavy (non-hydrogen) atoms. The van der Waals surface area contributed by atoms with Crippen LogP contribution in [0.3, 0.4) is 0 Å². The third-order valence-corrected chi connectivity index (χ3v) is 3.98. The Bertz CT molecular complexity index is 861. The normalized spacial score (nSPS) is 10.6. The number of carbonyl (C=O) groups is 2. The minimum atomic E-state index is -0.651. The maximum Gasteiger partial charge on any atom is 0.338 e. The predicted molar refractivity (Wildman–Crippen MR) is 105 cm³/mol. The minimum absolute atomic E-state index is 0.0832. The number of hydrogen-bond acceptors (Lipinski definition) is 5. The van der Waals surface area contributed by atoms with Gasteiger partial charge in [-0.15, -0.1) is 0 Å². The summed E-state index contributed by atoms with van der Waals surface area (Å²) in [5.74, 6) is -0.343. The molecule has 0 heterocycles. The van der Waals surface area contributed by atoms with Gasteiger partial charge in [0.05, 0.1) is 23.7 Å².